The number of pyridine rings is 1. The van der Waals surface area contributed by atoms with Gasteiger partial charge in [-0.25, -0.2) is 13.4 Å². The predicted molar refractivity (Wildman–Crippen MR) is 120 cm³/mol. The van der Waals surface area contributed by atoms with E-state index >= 15 is 0 Å². The zero-order valence-electron chi connectivity index (χ0n) is 17.7. The Balaban J connectivity index is 1.64. The maximum atomic E-state index is 12.9. The van der Waals surface area contributed by atoms with Gasteiger partial charge >= 0.3 is 0 Å². The molecule has 1 amide bonds. The molecule has 1 aliphatic rings. The Hall–Kier alpha value is -1.90. The molecule has 6 nitrogen and oxygen atoms in total. The van der Waals surface area contributed by atoms with Crippen molar-refractivity contribution in [1.82, 2.24) is 14.2 Å². The van der Waals surface area contributed by atoms with Crippen molar-refractivity contribution in [1.29, 1.82) is 0 Å². The normalized spacial score (nSPS) is 15.3. The van der Waals surface area contributed by atoms with Gasteiger partial charge in [-0.2, -0.15) is 4.31 Å². The molecule has 162 valence electrons. The first kappa shape index (κ1) is 22.8. The summed E-state index contributed by atoms with van der Waals surface area (Å²) in [6.07, 6.45) is 3.19. The van der Waals surface area contributed by atoms with E-state index in [0.29, 0.717) is 24.7 Å². The Kier molecular flexibility index (Phi) is 7.21. The quantitative estimate of drug-likeness (QED) is 0.604. The molecule has 0 radical (unpaired) electrons. The fraction of sp³-hybridized carbons (Fsp3) is 0.455. The van der Waals surface area contributed by atoms with Gasteiger partial charge in [0, 0.05) is 31.4 Å². The number of carbonyl (C=O) groups is 1. The highest BCUT2D eigenvalue weighted by Gasteiger charge is 2.28. The van der Waals surface area contributed by atoms with E-state index in [2.05, 4.69) is 4.98 Å². The van der Waals surface area contributed by atoms with Crippen LogP contribution in [0.1, 0.15) is 39.2 Å². The third kappa shape index (κ3) is 5.62. The molecule has 0 saturated carbocycles. The maximum absolute atomic E-state index is 12.9. The van der Waals surface area contributed by atoms with Crippen molar-refractivity contribution >= 4 is 27.7 Å². The van der Waals surface area contributed by atoms with Crippen LogP contribution < -0.4 is 0 Å². The lowest BCUT2D eigenvalue weighted by atomic mass is 10.0. The molecule has 1 saturated heterocycles. The average Bonchev–Trinajstić information content (AvgIpc) is 3.26. The van der Waals surface area contributed by atoms with Crippen LogP contribution in [0.3, 0.4) is 0 Å². The second kappa shape index (κ2) is 9.49. The van der Waals surface area contributed by atoms with Crippen molar-refractivity contribution in [2.24, 2.45) is 0 Å². The van der Waals surface area contributed by atoms with E-state index < -0.39 is 10.0 Å². The van der Waals surface area contributed by atoms with E-state index in [0.717, 1.165) is 18.4 Å². The molecule has 3 rings (SSSR count). The summed E-state index contributed by atoms with van der Waals surface area (Å²) >= 11 is 1.32. The summed E-state index contributed by atoms with van der Waals surface area (Å²) in [5.41, 5.74) is 0.773. The third-order valence-corrected chi connectivity index (χ3v) is 7.86. The second-order valence-corrected chi connectivity index (χ2v) is 11.3. The Labute approximate surface area is 183 Å². The Morgan fingerprint density at radius 1 is 1.10 bits per heavy atom. The van der Waals surface area contributed by atoms with Crippen molar-refractivity contribution in [3.05, 3.63) is 54.2 Å². The zero-order valence-corrected chi connectivity index (χ0v) is 19.4. The van der Waals surface area contributed by atoms with Crippen LogP contribution in [0, 0.1) is 0 Å². The van der Waals surface area contributed by atoms with Gasteiger partial charge in [-0.3, -0.25) is 4.79 Å². The van der Waals surface area contributed by atoms with E-state index in [4.69, 9.17) is 0 Å². The van der Waals surface area contributed by atoms with Crippen LogP contribution in [0.5, 0.6) is 0 Å². The van der Waals surface area contributed by atoms with Crippen molar-refractivity contribution in [3.63, 3.8) is 0 Å². The number of aromatic nitrogens is 1. The summed E-state index contributed by atoms with van der Waals surface area (Å²) in [7, 11) is -3.47. The van der Waals surface area contributed by atoms with Crippen molar-refractivity contribution < 1.29 is 13.2 Å². The van der Waals surface area contributed by atoms with Gasteiger partial charge in [0.05, 0.1) is 10.8 Å². The molecule has 1 aromatic heterocycles. The summed E-state index contributed by atoms with van der Waals surface area (Å²) in [4.78, 5) is 19.3. The highest BCUT2D eigenvalue weighted by Crippen LogP contribution is 2.24. The van der Waals surface area contributed by atoms with E-state index in [1.54, 1.807) is 12.1 Å². The van der Waals surface area contributed by atoms with Crippen LogP contribution in [-0.4, -0.2) is 52.9 Å². The summed E-state index contributed by atoms with van der Waals surface area (Å²) in [5.74, 6) is 0.266. The van der Waals surface area contributed by atoms with Gasteiger partial charge < -0.3 is 4.90 Å². The minimum Gasteiger partial charge on any atom is -0.333 e. The largest absolute Gasteiger partial charge is 0.333 e. The van der Waals surface area contributed by atoms with Gasteiger partial charge in [0.1, 0.15) is 4.90 Å². The maximum Gasteiger partial charge on any atom is 0.244 e. The number of hydrogen-bond donors (Lipinski definition) is 0. The van der Waals surface area contributed by atoms with Gasteiger partial charge in [-0.15, -0.1) is 0 Å². The zero-order chi connectivity index (χ0) is 21.8. The summed E-state index contributed by atoms with van der Waals surface area (Å²) in [6, 6.07) is 13.2. The number of thioether (sulfide) groups is 1. The molecule has 8 heteroatoms. The smallest absolute Gasteiger partial charge is 0.244 e. The van der Waals surface area contributed by atoms with Crippen LogP contribution in [0.25, 0.3) is 0 Å². The van der Waals surface area contributed by atoms with E-state index in [9.17, 15) is 13.2 Å². The lowest BCUT2D eigenvalue weighted by Crippen LogP contribution is -2.45. The monoisotopic (exact) mass is 447 g/mol. The number of nitrogens with zero attached hydrogens (tertiary/aromatic N) is 3. The molecular weight excluding hydrogens is 418 g/mol. The van der Waals surface area contributed by atoms with Crippen LogP contribution in [0.4, 0.5) is 0 Å². The third-order valence-electron chi connectivity index (χ3n) is 5.05. The topological polar surface area (TPSA) is 70.6 Å². The predicted octanol–water partition coefficient (Wildman–Crippen LogP) is 3.79. The summed E-state index contributed by atoms with van der Waals surface area (Å²) in [5, 5.41) is 0.636. The molecule has 0 unspecified atom stereocenters. The number of carbonyl (C=O) groups excluding carboxylic acids is 1. The number of benzene rings is 1. The first-order valence-electron chi connectivity index (χ1n) is 10.1. The molecule has 2 heterocycles. The molecule has 0 spiro atoms. The van der Waals surface area contributed by atoms with Gasteiger partial charge in [-0.1, -0.05) is 42.1 Å². The minimum atomic E-state index is -3.47. The number of rotatable bonds is 7. The van der Waals surface area contributed by atoms with Gasteiger partial charge in [0.15, 0.2) is 0 Å². The van der Waals surface area contributed by atoms with Gasteiger partial charge in [0.2, 0.25) is 15.9 Å². The molecular formula is C22H29N3O3S2. The Morgan fingerprint density at radius 3 is 2.33 bits per heavy atom. The van der Waals surface area contributed by atoms with Crippen LogP contribution in [-0.2, 0) is 21.4 Å². The fourth-order valence-electron chi connectivity index (χ4n) is 3.36. The second-order valence-electron chi connectivity index (χ2n) is 8.37. The molecule has 0 aliphatic carbocycles. The highest BCUT2D eigenvalue weighted by molar-refractivity contribution is 7.99. The number of hydrogen-bond acceptors (Lipinski definition) is 5. The number of sulfonamides is 1. The first-order valence-corrected chi connectivity index (χ1v) is 12.5. The Bertz CT molecular complexity index is 949. The van der Waals surface area contributed by atoms with E-state index in [-0.39, 0.29) is 22.1 Å². The van der Waals surface area contributed by atoms with Gasteiger partial charge in [0.25, 0.3) is 0 Å². The molecule has 2 aromatic rings. The lowest BCUT2D eigenvalue weighted by molar-refractivity contribution is -0.133. The van der Waals surface area contributed by atoms with Crippen molar-refractivity contribution in [3.8, 4) is 0 Å². The number of amides is 1. The van der Waals surface area contributed by atoms with Crippen LogP contribution in [0.2, 0.25) is 0 Å². The Morgan fingerprint density at radius 2 is 1.77 bits per heavy atom. The lowest BCUT2D eigenvalue weighted by Gasteiger charge is -2.36. The summed E-state index contributed by atoms with van der Waals surface area (Å²) < 4.78 is 26.7. The molecule has 1 aliphatic heterocycles. The summed E-state index contributed by atoms with van der Waals surface area (Å²) in [6.45, 7) is 7.75. The molecule has 0 atom stereocenters. The molecule has 1 fully saturated rings. The molecule has 1 aromatic carbocycles. The highest BCUT2D eigenvalue weighted by atomic mass is 32.2. The van der Waals surface area contributed by atoms with Crippen molar-refractivity contribution in [2.45, 2.75) is 55.6 Å². The standard InChI is InChI=1S/C22H29N3O3S2/c1-22(2,3)25(16-18-9-5-4-6-10-18)21(26)17-29-20-12-11-19(15-23-20)30(27,28)24-13-7-8-14-24/h4-6,9-12,15H,7-8,13-14,16-17H2,1-3H3. The SMILES string of the molecule is CC(C)(C)N(Cc1ccccc1)C(=O)CSc1ccc(S(=O)(=O)N2CCCC2)cn1. The fourth-order valence-corrected chi connectivity index (χ4v) is 5.54. The molecule has 30 heavy (non-hydrogen) atoms. The average molecular weight is 448 g/mol. The van der Waals surface area contributed by atoms with E-state index in [1.807, 2.05) is 56.0 Å². The van der Waals surface area contributed by atoms with Crippen molar-refractivity contribution in [2.75, 3.05) is 18.8 Å². The van der Waals surface area contributed by atoms with Crippen LogP contribution in [0.15, 0.2) is 58.6 Å². The van der Waals surface area contributed by atoms with Gasteiger partial charge in [-0.05, 0) is 51.3 Å². The van der Waals surface area contributed by atoms with Crippen LogP contribution >= 0.6 is 11.8 Å². The molecule has 0 N–H and O–H groups in total. The molecule has 0 bridgehead atoms. The minimum absolute atomic E-state index is 0.0203. The van der Waals surface area contributed by atoms with E-state index in [1.165, 1.54) is 22.3 Å². The first-order chi connectivity index (χ1) is 14.2.